The van der Waals surface area contributed by atoms with E-state index in [1.54, 1.807) is 18.2 Å². The Balaban J connectivity index is 1.45. The monoisotopic (exact) mass is 433 g/mol. The molecule has 1 aromatic heterocycles. The van der Waals surface area contributed by atoms with Crippen LogP contribution in [0.25, 0.3) is 10.9 Å². The van der Waals surface area contributed by atoms with Crippen molar-refractivity contribution < 1.29 is 4.79 Å². The Morgan fingerprint density at radius 2 is 1.78 bits per heavy atom. The second-order valence-corrected chi connectivity index (χ2v) is 8.78. The Bertz CT molecular complexity index is 1190. The van der Waals surface area contributed by atoms with Crippen molar-refractivity contribution in [2.45, 2.75) is 52.0 Å². The Labute approximate surface area is 187 Å². The second-order valence-electron chi connectivity index (χ2n) is 8.78. The lowest BCUT2D eigenvalue weighted by molar-refractivity contribution is 0.0690. The van der Waals surface area contributed by atoms with Crippen LogP contribution in [0.2, 0.25) is 0 Å². The molecule has 0 bridgehead atoms. The topological polar surface area (TPSA) is 75.2 Å². The lowest BCUT2D eigenvalue weighted by Gasteiger charge is -2.32. The summed E-state index contributed by atoms with van der Waals surface area (Å²) in [5.74, 6) is 0.540. The molecule has 3 aromatic rings. The quantitative estimate of drug-likeness (QED) is 0.573. The van der Waals surface area contributed by atoms with Crippen LogP contribution in [0.4, 0.5) is 0 Å². The van der Waals surface area contributed by atoms with E-state index < -0.39 is 5.69 Å². The number of hydrogen-bond donors (Lipinski definition) is 1. The average Bonchev–Trinajstić information content (AvgIpc) is 2.81. The summed E-state index contributed by atoms with van der Waals surface area (Å²) in [6.07, 6.45) is 5.79. The van der Waals surface area contributed by atoms with E-state index in [4.69, 9.17) is 0 Å². The number of likely N-dealkylation sites (tertiary alicyclic amines) is 1. The first-order valence-corrected chi connectivity index (χ1v) is 11.7. The van der Waals surface area contributed by atoms with Gasteiger partial charge in [-0.25, -0.2) is 4.79 Å². The molecular formula is C26H31N3O3. The van der Waals surface area contributed by atoms with E-state index in [1.165, 1.54) is 10.1 Å². The van der Waals surface area contributed by atoms with Crippen LogP contribution in [-0.2, 0) is 13.0 Å². The van der Waals surface area contributed by atoms with Gasteiger partial charge in [-0.3, -0.25) is 14.2 Å². The number of H-pyrrole nitrogens is 1. The molecule has 1 saturated heterocycles. The van der Waals surface area contributed by atoms with E-state index in [0.717, 1.165) is 51.6 Å². The number of aromatic nitrogens is 2. The first-order chi connectivity index (χ1) is 15.6. The number of rotatable bonds is 7. The Hall–Kier alpha value is -3.15. The van der Waals surface area contributed by atoms with Crippen molar-refractivity contribution >= 4 is 16.8 Å². The third-order valence-electron chi connectivity index (χ3n) is 6.48. The average molecular weight is 434 g/mol. The molecule has 0 atom stereocenters. The van der Waals surface area contributed by atoms with Crippen LogP contribution in [-0.4, -0.2) is 33.4 Å². The van der Waals surface area contributed by atoms with Gasteiger partial charge in [-0.15, -0.1) is 0 Å². The number of unbranched alkanes of at least 4 members (excludes halogenated alkanes) is 2. The van der Waals surface area contributed by atoms with E-state index in [-0.39, 0.29) is 11.5 Å². The maximum Gasteiger partial charge on any atom is 0.328 e. The van der Waals surface area contributed by atoms with Crippen LogP contribution in [0.5, 0.6) is 0 Å². The number of aromatic amines is 1. The number of hydrogen-bond acceptors (Lipinski definition) is 3. The number of carbonyl (C=O) groups is 1. The van der Waals surface area contributed by atoms with Crippen LogP contribution < -0.4 is 11.2 Å². The summed E-state index contributed by atoms with van der Waals surface area (Å²) in [6, 6.07) is 15.5. The van der Waals surface area contributed by atoms with Crippen molar-refractivity contribution in [1.29, 1.82) is 0 Å². The summed E-state index contributed by atoms with van der Waals surface area (Å²) < 4.78 is 1.26. The molecule has 1 aliphatic rings. The van der Waals surface area contributed by atoms with Gasteiger partial charge in [0.1, 0.15) is 0 Å². The highest BCUT2D eigenvalue weighted by molar-refractivity contribution is 5.97. The SMILES string of the molecule is CCCCCn1c(=O)[nH]c2cc(C(=O)N3CCC(Cc4ccccc4)CC3)ccc2c1=O. The number of piperidine rings is 1. The molecule has 168 valence electrons. The van der Waals surface area contributed by atoms with Crippen molar-refractivity contribution in [3.8, 4) is 0 Å². The smallest absolute Gasteiger partial charge is 0.328 e. The van der Waals surface area contributed by atoms with Crippen LogP contribution >= 0.6 is 0 Å². The zero-order valence-electron chi connectivity index (χ0n) is 18.7. The van der Waals surface area contributed by atoms with Gasteiger partial charge in [0.25, 0.3) is 11.5 Å². The van der Waals surface area contributed by atoms with Gasteiger partial charge in [0.15, 0.2) is 0 Å². The van der Waals surface area contributed by atoms with Crippen molar-refractivity contribution in [3.05, 3.63) is 80.5 Å². The molecule has 1 N–H and O–H groups in total. The summed E-state index contributed by atoms with van der Waals surface area (Å²) in [5.41, 5.74) is 1.58. The van der Waals surface area contributed by atoms with Crippen LogP contribution in [0.15, 0.2) is 58.1 Å². The zero-order chi connectivity index (χ0) is 22.5. The predicted octanol–water partition coefficient (Wildman–Crippen LogP) is 3.97. The fourth-order valence-corrected chi connectivity index (χ4v) is 4.58. The fraction of sp³-hybridized carbons (Fsp3) is 0.423. The van der Waals surface area contributed by atoms with E-state index in [2.05, 4.69) is 36.2 Å². The van der Waals surface area contributed by atoms with Gasteiger partial charge in [-0.05, 0) is 55.4 Å². The predicted molar refractivity (Wildman–Crippen MR) is 127 cm³/mol. The molecule has 0 radical (unpaired) electrons. The molecule has 6 nitrogen and oxygen atoms in total. The molecule has 0 unspecified atom stereocenters. The molecular weight excluding hydrogens is 402 g/mol. The molecule has 0 spiro atoms. The third kappa shape index (κ3) is 4.85. The lowest BCUT2D eigenvalue weighted by Crippen LogP contribution is -2.39. The van der Waals surface area contributed by atoms with Gasteiger partial charge < -0.3 is 9.88 Å². The molecule has 32 heavy (non-hydrogen) atoms. The number of amides is 1. The molecule has 2 heterocycles. The molecule has 1 amide bonds. The van der Waals surface area contributed by atoms with Crippen LogP contribution in [0.1, 0.15) is 54.9 Å². The molecule has 1 fully saturated rings. The van der Waals surface area contributed by atoms with E-state index in [9.17, 15) is 14.4 Å². The molecule has 6 heteroatoms. The summed E-state index contributed by atoms with van der Waals surface area (Å²) >= 11 is 0. The summed E-state index contributed by atoms with van der Waals surface area (Å²) in [5, 5.41) is 0.444. The van der Waals surface area contributed by atoms with Crippen LogP contribution in [0.3, 0.4) is 0 Å². The normalized spacial score (nSPS) is 14.7. The summed E-state index contributed by atoms with van der Waals surface area (Å²) in [6.45, 7) is 3.95. The lowest BCUT2D eigenvalue weighted by atomic mass is 9.90. The standard InChI is InChI=1S/C26H31N3O3/c1-2-3-7-14-29-25(31)22-11-10-21(18-23(22)27-26(29)32)24(30)28-15-12-20(13-16-28)17-19-8-5-4-6-9-19/h4-6,8-11,18,20H,2-3,7,12-17H2,1H3,(H,27,32). The minimum Gasteiger partial charge on any atom is -0.339 e. The number of carbonyl (C=O) groups excluding carboxylic acids is 1. The van der Waals surface area contributed by atoms with Gasteiger partial charge in [-0.2, -0.15) is 0 Å². The first kappa shape index (κ1) is 22.1. The zero-order valence-corrected chi connectivity index (χ0v) is 18.7. The summed E-state index contributed by atoms with van der Waals surface area (Å²) in [4.78, 5) is 42.9. The van der Waals surface area contributed by atoms with Gasteiger partial charge in [0, 0.05) is 25.2 Å². The minimum atomic E-state index is -0.412. The number of nitrogens with zero attached hydrogens (tertiary/aromatic N) is 2. The highest BCUT2D eigenvalue weighted by Gasteiger charge is 2.24. The van der Waals surface area contributed by atoms with Gasteiger partial charge in [0.2, 0.25) is 0 Å². The van der Waals surface area contributed by atoms with Crippen molar-refractivity contribution in [2.24, 2.45) is 5.92 Å². The highest BCUT2D eigenvalue weighted by atomic mass is 16.2. The van der Waals surface area contributed by atoms with E-state index >= 15 is 0 Å². The molecule has 4 rings (SSSR count). The minimum absolute atomic E-state index is 0.0435. The largest absolute Gasteiger partial charge is 0.339 e. The maximum atomic E-state index is 13.1. The molecule has 2 aromatic carbocycles. The molecule has 0 aliphatic carbocycles. The third-order valence-corrected chi connectivity index (χ3v) is 6.48. The number of benzene rings is 2. The van der Waals surface area contributed by atoms with Crippen molar-refractivity contribution in [3.63, 3.8) is 0 Å². The van der Waals surface area contributed by atoms with E-state index in [0.29, 0.717) is 28.9 Å². The Morgan fingerprint density at radius 3 is 2.50 bits per heavy atom. The van der Waals surface area contributed by atoms with Crippen molar-refractivity contribution in [2.75, 3.05) is 13.1 Å². The van der Waals surface area contributed by atoms with Gasteiger partial charge in [0.05, 0.1) is 10.9 Å². The number of fused-ring (bicyclic) bond motifs is 1. The van der Waals surface area contributed by atoms with Crippen LogP contribution in [0, 0.1) is 5.92 Å². The fourth-order valence-electron chi connectivity index (χ4n) is 4.58. The van der Waals surface area contributed by atoms with Crippen molar-refractivity contribution in [1.82, 2.24) is 14.5 Å². The number of nitrogens with one attached hydrogen (secondary N) is 1. The Kier molecular flexibility index (Phi) is 6.88. The Morgan fingerprint density at radius 1 is 1.03 bits per heavy atom. The molecule has 0 saturated carbocycles. The summed E-state index contributed by atoms with van der Waals surface area (Å²) in [7, 11) is 0. The first-order valence-electron chi connectivity index (χ1n) is 11.7. The second kappa shape index (κ2) is 9.98. The van der Waals surface area contributed by atoms with Gasteiger partial charge >= 0.3 is 5.69 Å². The van der Waals surface area contributed by atoms with Gasteiger partial charge in [-0.1, -0.05) is 50.1 Å². The highest BCUT2D eigenvalue weighted by Crippen LogP contribution is 2.23. The maximum absolute atomic E-state index is 13.1. The van der Waals surface area contributed by atoms with E-state index in [1.807, 2.05) is 11.0 Å². The molecule has 1 aliphatic heterocycles.